The van der Waals surface area contributed by atoms with Gasteiger partial charge in [0, 0.05) is 19.1 Å². The monoisotopic (exact) mass is 282 g/mol. The van der Waals surface area contributed by atoms with Crippen molar-refractivity contribution in [2.24, 2.45) is 5.41 Å². The molecule has 5 nitrogen and oxygen atoms in total. The molecule has 0 aromatic heterocycles. The van der Waals surface area contributed by atoms with E-state index in [4.69, 9.17) is 0 Å². The zero-order valence-corrected chi connectivity index (χ0v) is 12.8. The van der Waals surface area contributed by atoms with Crippen molar-refractivity contribution >= 4 is 12.0 Å². The van der Waals surface area contributed by atoms with Gasteiger partial charge in [-0.15, -0.1) is 0 Å². The molecule has 2 amide bonds. The SMILES string of the molecule is CC1CCCCN1C(=O)N1CCCC(C)(C)C1C(=O)O. The third-order valence-electron chi connectivity index (χ3n) is 4.80. The molecule has 2 aliphatic rings. The van der Waals surface area contributed by atoms with Crippen LogP contribution in [-0.2, 0) is 4.79 Å². The molecule has 2 fully saturated rings. The van der Waals surface area contributed by atoms with Crippen LogP contribution in [-0.4, -0.2) is 52.1 Å². The molecule has 0 aromatic rings. The molecule has 0 aliphatic carbocycles. The van der Waals surface area contributed by atoms with Crippen molar-refractivity contribution in [2.45, 2.75) is 65.0 Å². The van der Waals surface area contributed by atoms with Gasteiger partial charge in [-0.2, -0.15) is 0 Å². The Kier molecular flexibility index (Phi) is 4.25. The van der Waals surface area contributed by atoms with Gasteiger partial charge in [-0.05, 0) is 44.4 Å². The van der Waals surface area contributed by atoms with Crippen LogP contribution in [0, 0.1) is 5.41 Å². The minimum atomic E-state index is -0.882. The summed E-state index contributed by atoms with van der Waals surface area (Å²) in [6.07, 6.45) is 4.92. The van der Waals surface area contributed by atoms with E-state index >= 15 is 0 Å². The maximum Gasteiger partial charge on any atom is 0.327 e. The highest BCUT2D eigenvalue weighted by Crippen LogP contribution is 2.36. The number of carboxylic acids is 1. The lowest BCUT2D eigenvalue weighted by molar-refractivity contribution is -0.149. The van der Waals surface area contributed by atoms with Gasteiger partial charge in [0.15, 0.2) is 0 Å². The summed E-state index contributed by atoms with van der Waals surface area (Å²) in [6, 6.07) is -0.578. The highest BCUT2D eigenvalue weighted by Gasteiger charge is 2.46. The summed E-state index contributed by atoms with van der Waals surface area (Å²) in [5.74, 6) is -0.882. The molecular formula is C15H26N2O3. The minimum absolute atomic E-state index is 0.0858. The average molecular weight is 282 g/mol. The summed E-state index contributed by atoms with van der Waals surface area (Å²) in [7, 11) is 0. The zero-order valence-electron chi connectivity index (χ0n) is 12.8. The lowest BCUT2D eigenvalue weighted by Gasteiger charge is -2.47. The Bertz CT molecular complexity index is 395. The second-order valence-corrected chi connectivity index (χ2v) is 6.85. The van der Waals surface area contributed by atoms with E-state index in [0.29, 0.717) is 6.54 Å². The summed E-state index contributed by atoms with van der Waals surface area (Å²) in [5, 5.41) is 9.55. The second-order valence-electron chi connectivity index (χ2n) is 6.85. The van der Waals surface area contributed by atoms with Crippen LogP contribution < -0.4 is 0 Å². The van der Waals surface area contributed by atoms with Crippen LogP contribution in [0.3, 0.4) is 0 Å². The highest BCUT2D eigenvalue weighted by molar-refractivity contribution is 5.84. The first-order valence-corrected chi connectivity index (χ1v) is 7.64. The molecule has 2 rings (SSSR count). The van der Waals surface area contributed by atoms with Crippen LogP contribution in [0.1, 0.15) is 52.9 Å². The van der Waals surface area contributed by atoms with Gasteiger partial charge >= 0.3 is 12.0 Å². The van der Waals surface area contributed by atoms with E-state index in [1.54, 1.807) is 4.90 Å². The fraction of sp³-hybridized carbons (Fsp3) is 0.867. The maximum absolute atomic E-state index is 12.8. The first-order chi connectivity index (χ1) is 9.34. The molecule has 2 unspecified atom stereocenters. The number of rotatable bonds is 1. The number of carboxylic acid groups (broad SMARTS) is 1. The van der Waals surface area contributed by atoms with E-state index in [9.17, 15) is 14.7 Å². The number of nitrogens with zero attached hydrogens (tertiary/aromatic N) is 2. The fourth-order valence-electron chi connectivity index (χ4n) is 3.61. The molecule has 5 heteroatoms. The summed E-state index contributed by atoms with van der Waals surface area (Å²) in [4.78, 5) is 27.8. The molecule has 0 saturated carbocycles. The first-order valence-electron chi connectivity index (χ1n) is 7.64. The number of amides is 2. The normalized spacial score (nSPS) is 30.1. The molecule has 20 heavy (non-hydrogen) atoms. The predicted molar refractivity (Wildman–Crippen MR) is 76.6 cm³/mol. The number of aliphatic carboxylic acids is 1. The molecule has 0 spiro atoms. The van der Waals surface area contributed by atoms with Crippen LogP contribution in [0.15, 0.2) is 0 Å². The molecule has 2 atom stereocenters. The Hall–Kier alpha value is -1.26. The van der Waals surface area contributed by atoms with Gasteiger partial charge in [0.05, 0.1) is 0 Å². The van der Waals surface area contributed by atoms with Crippen molar-refractivity contribution in [1.29, 1.82) is 0 Å². The van der Waals surface area contributed by atoms with Crippen LogP contribution >= 0.6 is 0 Å². The summed E-state index contributed by atoms with van der Waals surface area (Å²) < 4.78 is 0. The number of hydrogen-bond donors (Lipinski definition) is 1. The first kappa shape index (κ1) is 15.1. The number of hydrogen-bond acceptors (Lipinski definition) is 2. The van der Waals surface area contributed by atoms with Crippen LogP contribution in [0.25, 0.3) is 0 Å². The summed E-state index contributed by atoms with van der Waals surface area (Å²) in [6.45, 7) is 7.27. The van der Waals surface area contributed by atoms with Crippen molar-refractivity contribution in [3.63, 3.8) is 0 Å². The highest BCUT2D eigenvalue weighted by atomic mass is 16.4. The molecular weight excluding hydrogens is 256 g/mol. The number of urea groups is 1. The summed E-state index contributed by atoms with van der Waals surface area (Å²) >= 11 is 0. The predicted octanol–water partition coefficient (Wildman–Crippen LogP) is 2.56. The lowest BCUT2D eigenvalue weighted by atomic mass is 9.76. The van der Waals surface area contributed by atoms with Crippen LogP contribution in [0.4, 0.5) is 4.79 Å². The Morgan fingerprint density at radius 3 is 2.35 bits per heavy atom. The van der Waals surface area contributed by atoms with Gasteiger partial charge in [0.2, 0.25) is 0 Å². The van der Waals surface area contributed by atoms with Crippen molar-refractivity contribution in [2.75, 3.05) is 13.1 Å². The Morgan fingerprint density at radius 1 is 1.10 bits per heavy atom. The van der Waals surface area contributed by atoms with E-state index < -0.39 is 12.0 Å². The zero-order chi connectivity index (χ0) is 14.9. The van der Waals surface area contributed by atoms with Crippen LogP contribution in [0.2, 0.25) is 0 Å². The van der Waals surface area contributed by atoms with E-state index in [1.165, 1.54) is 0 Å². The van der Waals surface area contributed by atoms with Gasteiger partial charge in [-0.3, -0.25) is 0 Å². The topological polar surface area (TPSA) is 60.9 Å². The molecule has 114 valence electrons. The lowest BCUT2D eigenvalue weighted by Crippen LogP contribution is -2.60. The maximum atomic E-state index is 12.8. The van der Waals surface area contributed by atoms with Crippen molar-refractivity contribution in [1.82, 2.24) is 9.80 Å². The summed E-state index contributed by atoms with van der Waals surface area (Å²) in [5.41, 5.74) is -0.362. The molecule has 0 radical (unpaired) electrons. The largest absolute Gasteiger partial charge is 0.480 e. The standard InChI is InChI=1S/C15H26N2O3/c1-11-7-4-5-9-16(11)14(20)17-10-6-8-15(2,3)12(17)13(18)19/h11-12H,4-10H2,1-3H3,(H,18,19). The molecule has 2 heterocycles. The number of piperidine rings is 2. The molecule has 0 aromatic carbocycles. The van der Waals surface area contributed by atoms with Crippen molar-refractivity contribution < 1.29 is 14.7 Å². The quantitative estimate of drug-likeness (QED) is 0.804. The van der Waals surface area contributed by atoms with E-state index in [1.807, 2.05) is 18.7 Å². The number of carbonyl (C=O) groups is 2. The minimum Gasteiger partial charge on any atom is -0.480 e. The van der Waals surface area contributed by atoms with Gasteiger partial charge in [-0.25, -0.2) is 9.59 Å². The Labute approximate surface area is 120 Å². The van der Waals surface area contributed by atoms with E-state index in [-0.39, 0.29) is 17.5 Å². The van der Waals surface area contributed by atoms with Gasteiger partial charge in [0.1, 0.15) is 6.04 Å². The Balaban J connectivity index is 2.20. The second kappa shape index (κ2) is 5.62. The third kappa shape index (κ3) is 2.76. The van der Waals surface area contributed by atoms with Crippen molar-refractivity contribution in [3.05, 3.63) is 0 Å². The van der Waals surface area contributed by atoms with E-state index in [2.05, 4.69) is 6.92 Å². The molecule has 1 N–H and O–H groups in total. The fourth-order valence-corrected chi connectivity index (χ4v) is 3.61. The molecule has 0 bridgehead atoms. The van der Waals surface area contributed by atoms with Gasteiger partial charge in [0.25, 0.3) is 0 Å². The van der Waals surface area contributed by atoms with Gasteiger partial charge in [-0.1, -0.05) is 13.8 Å². The average Bonchev–Trinajstić information content (AvgIpc) is 2.36. The Morgan fingerprint density at radius 2 is 1.75 bits per heavy atom. The molecule has 2 aliphatic heterocycles. The van der Waals surface area contributed by atoms with E-state index in [0.717, 1.165) is 38.6 Å². The number of carbonyl (C=O) groups excluding carboxylic acids is 1. The third-order valence-corrected chi connectivity index (χ3v) is 4.80. The van der Waals surface area contributed by atoms with Gasteiger partial charge < -0.3 is 14.9 Å². The van der Waals surface area contributed by atoms with Crippen LogP contribution in [0.5, 0.6) is 0 Å². The number of likely N-dealkylation sites (tertiary alicyclic amines) is 2. The van der Waals surface area contributed by atoms with Crippen molar-refractivity contribution in [3.8, 4) is 0 Å². The smallest absolute Gasteiger partial charge is 0.327 e. The molecule has 2 saturated heterocycles.